The minimum atomic E-state index is -0.618. The van der Waals surface area contributed by atoms with E-state index in [0.717, 1.165) is 0 Å². The van der Waals surface area contributed by atoms with Crippen molar-refractivity contribution in [2.24, 2.45) is 0 Å². The summed E-state index contributed by atoms with van der Waals surface area (Å²) in [5, 5.41) is 4.66. The van der Waals surface area contributed by atoms with E-state index < -0.39 is 22.8 Å². The van der Waals surface area contributed by atoms with Crippen molar-refractivity contribution < 1.29 is 18.4 Å². The SMILES string of the molecule is C[C@@H](Sc1ccccc1NC(=O)c1ccccc1F)C(=O)Nc1ccccc1F. The van der Waals surface area contributed by atoms with Crippen LogP contribution in [0.3, 0.4) is 0 Å². The normalized spacial score (nSPS) is 11.6. The molecule has 0 fully saturated rings. The van der Waals surface area contributed by atoms with Gasteiger partial charge in [0, 0.05) is 4.90 Å². The molecule has 0 aromatic heterocycles. The molecule has 2 amide bonds. The van der Waals surface area contributed by atoms with Gasteiger partial charge in [0.2, 0.25) is 5.91 Å². The molecule has 3 aromatic rings. The predicted octanol–water partition coefficient (Wildman–Crippen LogP) is 5.34. The zero-order valence-corrected chi connectivity index (χ0v) is 16.3. The molecule has 1 atom stereocenters. The number of para-hydroxylation sites is 2. The minimum absolute atomic E-state index is 0.0716. The summed E-state index contributed by atoms with van der Waals surface area (Å²) in [5.74, 6) is -2.10. The quantitative estimate of drug-likeness (QED) is 0.538. The molecular weight excluding hydrogens is 394 g/mol. The van der Waals surface area contributed by atoms with Crippen LogP contribution in [-0.4, -0.2) is 17.1 Å². The molecule has 0 bridgehead atoms. The number of anilines is 2. The van der Waals surface area contributed by atoms with Gasteiger partial charge in [0.1, 0.15) is 11.6 Å². The zero-order valence-electron chi connectivity index (χ0n) is 15.5. The first-order valence-corrected chi connectivity index (χ1v) is 9.70. The third kappa shape index (κ3) is 5.20. The van der Waals surface area contributed by atoms with E-state index in [1.54, 1.807) is 43.3 Å². The Morgan fingerprint density at radius 2 is 1.38 bits per heavy atom. The predicted molar refractivity (Wildman–Crippen MR) is 111 cm³/mol. The summed E-state index contributed by atoms with van der Waals surface area (Å²) < 4.78 is 27.6. The Morgan fingerprint density at radius 3 is 2.07 bits per heavy atom. The lowest BCUT2D eigenvalue weighted by molar-refractivity contribution is -0.115. The molecule has 0 aliphatic heterocycles. The number of nitrogens with one attached hydrogen (secondary N) is 2. The summed E-state index contributed by atoms with van der Waals surface area (Å²) in [5.41, 5.74) is 0.486. The van der Waals surface area contributed by atoms with Crippen LogP contribution in [0.5, 0.6) is 0 Å². The second kappa shape index (κ2) is 9.34. The van der Waals surface area contributed by atoms with Crippen LogP contribution in [-0.2, 0) is 4.79 Å². The third-order valence-corrected chi connectivity index (χ3v) is 5.24. The van der Waals surface area contributed by atoms with E-state index in [-0.39, 0.29) is 17.2 Å². The molecule has 0 radical (unpaired) electrons. The topological polar surface area (TPSA) is 58.2 Å². The maximum Gasteiger partial charge on any atom is 0.258 e. The number of carbonyl (C=O) groups is 2. The Balaban J connectivity index is 1.71. The largest absolute Gasteiger partial charge is 0.323 e. The van der Waals surface area contributed by atoms with E-state index in [9.17, 15) is 18.4 Å². The maximum absolute atomic E-state index is 13.8. The van der Waals surface area contributed by atoms with Gasteiger partial charge in [-0.2, -0.15) is 0 Å². The van der Waals surface area contributed by atoms with Gasteiger partial charge in [0.25, 0.3) is 5.91 Å². The summed E-state index contributed by atoms with van der Waals surface area (Å²) in [6.45, 7) is 1.68. The van der Waals surface area contributed by atoms with Crippen LogP contribution in [0.2, 0.25) is 0 Å². The molecule has 4 nitrogen and oxygen atoms in total. The van der Waals surface area contributed by atoms with Gasteiger partial charge in [0.15, 0.2) is 0 Å². The van der Waals surface area contributed by atoms with Crippen molar-refractivity contribution in [3.63, 3.8) is 0 Å². The van der Waals surface area contributed by atoms with E-state index in [1.807, 2.05) is 0 Å². The van der Waals surface area contributed by atoms with Crippen LogP contribution in [0.4, 0.5) is 20.2 Å². The molecule has 148 valence electrons. The highest BCUT2D eigenvalue weighted by Gasteiger charge is 2.19. The number of halogens is 2. The lowest BCUT2D eigenvalue weighted by Gasteiger charge is -2.15. The van der Waals surface area contributed by atoms with Gasteiger partial charge in [-0.05, 0) is 43.3 Å². The Kier molecular flexibility index (Phi) is 6.61. The van der Waals surface area contributed by atoms with Crippen molar-refractivity contribution in [1.82, 2.24) is 0 Å². The molecule has 3 aromatic carbocycles. The molecule has 7 heteroatoms. The van der Waals surface area contributed by atoms with Gasteiger partial charge in [-0.15, -0.1) is 11.8 Å². The van der Waals surface area contributed by atoms with Crippen LogP contribution in [0, 0.1) is 11.6 Å². The number of amides is 2. The Morgan fingerprint density at radius 1 is 0.793 bits per heavy atom. The second-order valence-corrected chi connectivity index (χ2v) is 7.54. The highest BCUT2D eigenvalue weighted by molar-refractivity contribution is 8.00. The number of hydrogen-bond acceptors (Lipinski definition) is 3. The summed E-state index contributed by atoms with van der Waals surface area (Å²) in [6, 6.07) is 18.5. The molecular formula is C22H18F2N2O2S. The Hall–Kier alpha value is -3.19. The van der Waals surface area contributed by atoms with E-state index in [1.165, 1.54) is 48.2 Å². The molecule has 0 saturated carbocycles. The minimum Gasteiger partial charge on any atom is -0.323 e. The van der Waals surface area contributed by atoms with E-state index >= 15 is 0 Å². The van der Waals surface area contributed by atoms with Crippen molar-refractivity contribution in [1.29, 1.82) is 0 Å². The molecule has 0 aliphatic carbocycles. The molecule has 0 aliphatic rings. The molecule has 0 spiro atoms. The third-order valence-electron chi connectivity index (χ3n) is 4.06. The highest BCUT2D eigenvalue weighted by Crippen LogP contribution is 2.31. The first-order valence-electron chi connectivity index (χ1n) is 8.82. The van der Waals surface area contributed by atoms with Gasteiger partial charge in [-0.1, -0.05) is 36.4 Å². The molecule has 0 heterocycles. The van der Waals surface area contributed by atoms with E-state index in [4.69, 9.17) is 0 Å². The molecule has 2 N–H and O–H groups in total. The maximum atomic E-state index is 13.8. The monoisotopic (exact) mass is 412 g/mol. The number of rotatable bonds is 6. The summed E-state index contributed by atoms with van der Waals surface area (Å²) in [7, 11) is 0. The average Bonchev–Trinajstić information content (AvgIpc) is 2.71. The fraction of sp³-hybridized carbons (Fsp3) is 0.0909. The van der Waals surface area contributed by atoms with Crippen LogP contribution in [0.25, 0.3) is 0 Å². The summed E-state index contributed by atoms with van der Waals surface area (Å²) >= 11 is 1.20. The van der Waals surface area contributed by atoms with Gasteiger partial charge < -0.3 is 10.6 Å². The Labute approximate surface area is 171 Å². The van der Waals surface area contributed by atoms with Gasteiger partial charge in [-0.3, -0.25) is 9.59 Å². The fourth-order valence-corrected chi connectivity index (χ4v) is 3.50. The lowest BCUT2D eigenvalue weighted by atomic mass is 10.2. The number of benzene rings is 3. The standard InChI is InChI=1S/C22H18F2N2O2S/c1-14(21(27)25-18-11-5-4-10-17(18)24)29-20-13-7-6-12-19(20)26-22(28)15-8-2-3-9-16(15)23/h2-14H,1H3,(H,25,27)(H,26,28)/t14-/m1/s1. The van der Waals surface area contributed by atoms with E-state index in [2.05, 4.69) is 10.6 Å². The van der Waals surface area contributed by atoms with Crippen LogP contribution < -0.4 is 10.6 Å². The molecule has 0 saturated heterocycles. The fourth-order valence-electron chi connectivity index (χ4n) is 2.55. The summed E-state index contributed by atoms with van der Waals surface area (Å²) in [6.07, 6.45) is 0. The smallest absolute Gasteiger partial charge is 0.258 e. The van der Waals surface area contributed by atoms with Gasteiger partial charge >= 0.3 is 0 Å². The zero-order chi connectivity index (χ0) is 20.8. The van der Waals surface area contributed by atoms with Crippen molar-refractivity contribution in [2.75, 3.05) is 10.6 Å². The van der Waals surface area contributed by atoms with Crippen molar-refractivity contribution in [2.45, 2.75) is 17.1 Å². The van der Waals surface area contributed by atoms with Crippen molar-refractivity contribution in [3.05, 3.63) is 90.0 Å². The van der Waals surface area contributed by atoms with E-state index in [0.29, 0.717) is 10.6 Å². The first kappa shape index (κ1) is 20.5. The number of thioether (sulfide) groups is 1. The van der Waals surface area contributed by atoms with Crippen LogP contribution in [0.1, 0.15) is 17.3 Å². The van der Waals surface area contributed by atoms with Crippen LogP contribution >= 0.6 is 11.8 Å². The Bertz CT molecular complexity index is 1040. The average molecular weight is 412 g/mol. The molecule has 29 heavy (non-hydrogen) atoms. The lowest BCUT2D eigenvalue weighted by Crippen LogP contribution is -2.23. The highest BCUT2D eigenvalue weighted by atomic mass is 32.2. The summed E-state index contributed by atoms with van der Waals surface area (Å²) in [4.78, 5) is 25.5. The van der Waals surface area contributed by atoms with Gasteiger partial charge in [0.05, 0.1) is 22.2 Å². The molecule has 0 unspecified atom stereocenters. The number of carbonyl (C=O) groups excluding carboxylic acids is 2. The van der Waals surface area contributed by atoms with Crippen molar-refractivity contribution >= 4 is 35.0 Å². The first-order chi connectivity index (χ1) is 14.0. The second-order valence-electron chi connectivity index (χ2n) is 6.16. The number of hydrogen-bond donors (Lipinski definition) is 2. The van der Waals surface area contributed by atoms with Gasteiger partial charge in [-0.25, -0.2) is 8.78 Å². The van der Waals surface area contributed by atoms with Crippen molar-refractivity contribution in [3.8, 4) is 0 Å². The van der Waals surface area contributed by atoms with Crippen LogP contribution in [0.15, 0.2) is 77.7 Å². The molecule has 3 rings (SSSR count).